The summed E-state index contributed by atoms with van der Waals surface area (Å²) in [6.07, 6.45) is 0.126. The fourth-order valence-corrected chi connectivity index (χ4v) is 2.01. The number of halogens is 1. The van der Waals surface area contributed by atoms with E-state index in [0.29, 0.717) is 5.56 Å². The van der Waals surface area contributed by atoms with E-state index < -0.39 is 18.0 Å². The summed E-state index contributed by atoms with van der Waals surface area (Å²) in [7, 11) is 0. The Hall–Kier alpha value is -1.62. The summed E-state index contributed by atoms with van der Waals surface area (Å²) in [5, 5.41) is 12.5. The molecule has 1 aromatic carbocycles. The van der Waals surface area contributed by atoms with Crippen molar-refractivity contribution in [2.45, 2.75) is 58.8 Å². The first-order chi connectivity index (χ1) is 9.88. The van der Waals surface area contributed by atoms with Gasteiger partial charge in [-0.3, -0.25) is 4.79 Å². The zero-order chi connectivity index (χ0) is 16.0. The average molecular weight is 297 g/mol. The highest BCUT2D eigenvalue weighted by atomic mass is 19.1. The number of rotatable bonds is 7. The number of amides is 1. The number of carbonyl (C=O) groups is 1. The van der Waals surface area contributed by atoms with Crippen molar-refractivity contribution in [3.8, 4) is 5.75 Å². The molecule has 4 nitrogen and oxygen atoms in total. The van der Waals surface area contributed by atoms with Crippen LogP contribution in [0, 0.1) is 5.82 Å². The van der Waals surface area contributed by atoms with Crippen molar-refractivity contribution in [2.75, 3.05) is 0 Å². The SMILES string of the molecule is CCC(CC)NC(=O)C(C)Oc1cc(F)ccc1C(C)O. The van der Waals surface area contributed by atoms with E-state index in [1.54, 1.807) is 13.8 Å². The maximum absolute atomic E-state index is 13.3. The Kier molecular flexibility index (Phi) is 6.62. The van der Waals surface area contributed by atoms with Crippen LogP contribution >= 0.6 is 0 Å². The molecule has 0 heterocycles. The molecular formula is C16H24FNO3. The van der Waals surface area contributed by atoms with Crippen molar-refractivity contribution in [1.29, 1.82) is 0 Å². The second kappa shape index (κ2) is 7.98. The summed E-state index contributed by atoms with van der Waals surface area (Å²) in [5.41, 5.74) is 0.457. The number of hydrogen-bond acceptors (Lipinski definition) is 3. The molecule has 0 aliphatic rings. The van der Waals surface area contributed by atoms with Crippen LogP contribution < -0.4 is 10.1 Å². The predicted molar refractivity (Wildman–Crippen MR) is 79.6 cm³/mol. The largest absolute Gasteiger partial charge is 0.480 e. The molecular weight excluding hydrogens is 273 g/mol. The lowest BCUT2D eigenvalue weighted by Gasteiger charge is -2.21. The maximum Gasteiger partial charge on any atom is 0.260 e. The summed E-state index contributed by atoms with van der Waals surface area (Å²) >= 11 is 0. The molecule has 1 rings (SSSR count). The Morgan fingerprint density at radius 3 is 2.48 bits per heavy atom. The minimum Gasteiger partial charge on any atom is -0.480 e. The van der Waals surface area contributed by atoms with E-state index in [4.69, 9.17) is 4.74 Å². The van der Waals surface area contributed by atoms with Crippen LogP contribution in [0.2, 0.25) is 0 Å². The molecule has 1 amide bonds. The summed E-state index contributed by atoms with van der Waals surface area (Å²) in [4.78, 5) is 12.0. The van der Waals surface area contributed by atoms with E-state index in [1.807, 2.05) is 13.8 Å². The molecule has 0 aliphatic heterocycles. The van der Waals surface area contributed by atoms with Gasteiger partial charge < -0.3 is 15.2 Å². The monoisotopic (exact) mass is 297 g/mol. The number of nitrogens with one attached hydrogen (secondary N) is 1. The Morgan fingerprint density at radius 2 is 1.95 bits per heavy atom. The Labute approximate surface area is 125 Å². The van der Waals surface area contributed by atoms with Gasteiger partial charge in [-0.2, -0.15) is 0 Å². The zero-order valence-electron chi connectivity index (χ0n) is 13.0. The van der Waals surface area contributed by atoms with Crippen LogP contribution in [0.3, 0.4) is 0 Å². The Bertz CT molecular complexity index is 473. The molecule has 1 aromatic rings. The van der Waals surface area contributed by atoms with Crippen LogP contribution in [0.4, 0.5) is 4.39 Å². The summed E-state index contributed by atoms with van der Waals surface area (Å²) < 4.78 is 18.8. The molecule has 2 atom stereocenters. The molecule has 0 aliphatic carbocycles. The van der Waals surface area contributed by atoms with E-state index in [0.717, 1.165) is 12.8 Å². The second-order valence-electron chi connectivity index (χ2n) is 5.14. The third kappa shape index (κ3) is 5.01. The summed E-state index contributed by atoms with van der Waals surface area (Å²) in [6.45, 7) is 7.17. The third-order valence-corrected chi connectivity index (χ3v) is 3.43. The fraction of sp³-hybridized carbons (Fsp3) is 0.562. The van der Waals surface area contributed by atoms with Crippen LogP contribution in [0.5, 0.6) is 5.75 Å². The molecule has 0 saturated carbocycles. The van der Waals surface area contributed by atoms with Gasteiger partial charge in [-0.05, 0) is 38.8 Å². The van der Waals surface area contributed by atoms with Crippen molar-refractivity contribution in [3.63, 3.8) is 0 Å². The topological polar surface area (TPSA) is 58.6 Å². The smallest absolute Gasteiger partial charge is 0.260 e. The number of aliphatic hydroxyl groups is 1. The molecule has 2 N–H and O–H groups in total. The van der Waals surface area contributed by atoms with E-state index in [1.165, 1.54) is 18.2 Å². The predicted octanol–water partition coefficient (Wildman–Crippen LogP) is 2.95. The number of hydrogen-bond donors (Lipinski definition) is 2. The minimum absolute atomic E-state index is 0.104. The maximum atomic E-state index is 13.3. The van der Waals surface area contributed by atoms with Crippen molar-refractivity contribution in [2.24, 2.45) is 0 Å². The highest BCUT2D eigenvalue weighted by Crippen LogP contribution is 2.27. The van der Waals surface area contributed by atoms with E-state index >= 15 is 0 Å². The molecule has 2 unspecified atom stereocenters. The lowest BCUT2D eigenvalue weighted by Crippen LogP contribution is -2.42. The third-order valence-electron chi connectivity index (χ3n) is 3.43. The highest BCUT2D eigenvalue weighted by Gasteiger charge is 2.20. The molecule has 118 valence electrons. The first-order valence-electron chi connectivity index (χ1n) is 7.33. The molecule has 0 saturated heterocycles. The van der Waals surface area contributed by atoms with Crippen LogP contribution in [-0.2, 0) is 4.79 Å². The lowest BCUT2D eigenvalue weighted by atomic mass is 10.1. The van der Waals surface area contributed by atoms with Crippen LogP contribution in [-0.4, -0.2) is 23.2 Å². The van der Waals surface area contributed by atoms with E-state index in [-0.39, 0.29) is 17.7 Å². The molecule has 5 heteroatoms. The van der Waals surface area contributed by atoms with Gasteiger partial charge >= 0.3 is 0 Å². The van der Waals surface area contributed by atoms with Crippen molar-refractivity contribution in [1.82, 2.24) is 5.32 Å². The average Bonchev–Trinajstić information content (AvgIpc) is 2.44. The number of ether oxygens (including phenoxy) is 1. The highest BCUT2D eigenvalue weighted by molar-refractivity contribution is 5.81. The molecule has 0 radical (unpaired) electrons. The first kappa shape index (κ1) is 17.4. The van der Waals surface area contributed by atoms with Gasteiger partial charge in [0, 0.05) is 17.7 Å². The lowest BCUT2D eigenvalue weighted by molar-refractivity contribution is -0.128. The number of carbonyl (C=O) groups excluding carboxylic acids is 1. The van der Waals surface area contributed by atoms with E-state index in [2.05, 4.69) is 5.32 Å². The van der Waals surface area contributed by atoms with Crippen molar-refractivity contribution >= 4 is 5.91 Å². The second-order valence-corrected chi connectivity index (χ2v) is 5.14. The number of aliphatic hydroxyl groups excluding tert-OH is 1. The number of benzene rings is 1. The van der Waals surface area contributed by atoms with Crippen molar-refractivity contribution in [3.05, 3.63) is 29.6 Å². The molecule has 21 heavy (non-hydrogen) atoms. The normalized spacial score (nSPS) is 13.9. The van der Waals surface area contributed by atoms with Gasteiger partial charge in [0.05, 0.1) is 6.10 Å². The van der Waals surface area contributed by atoms with Crippen LogP contribution in [0.1, 0.15) is 52.2 Å². The Balaban J connectivity index is 2.80. The first-order valence-corrected chi connectivity index (χ1v) is 7.33. The Morgan fingerprint density at radius 1 is 1.33 bits per heavy atom. The quantitative estimate of drug-likeness (QED) is 0.813. The van der Waals surface area contributed by atoms with Crippen LogP contribution in [0.15, 0.2) is 18.2 Å². The van der Waals surface area contributed by atoms with Gasteiger partial charge in [-0.1, -0.05) is 13.8 Å². The minimum atomic E-state index is -0.796. The van der Waals surface area contributed by atoms with Gasteiger partial charge in [0.1, 0.15) is 11.6 Å². The summed E-state index contributed by atoms with van der Waals surface area (Å²) in [6, 6.07) is 4.00. The van der Waals surface area contributed by atoms with Crippen LogP contribution in [0.25, 0.3) is 0 Å². The van der Waals surface area contributed by atoms with Gasteiger partial charge in [-0.25, -0.2) is 4.39 Å². The molecule has 0 bridgehead atoms. The van der Waals surface area contributed by atoms with Gasteiger partial charge in [0.15, 0.2) is 6.10 Å². The summed E-state index contributed by atoms with van der Waals surface area (Å²) in [5.74, 6) is -0.524. The standard InChI is InChI=1S/C16H24FNO3/c1-5-13(6-2)18-16(20)11(4)21-15-9-12(17)7-8-14(15)10(3)19/h7-11,13,19H,5-6H2,1-4H3,(H,18,20). The van der Waals surface area contributed by atoms with E-state index in [9.17, 15) is 14.3 Å². The molecule has 0 spiro atoms. The van der Waals surface area contributed by atoms with Gasteiger partial charge in [-0.15, -0.1) is 0 Å². The molecule has 0 fully saturated rings. The van der Waals surface area contributed by atoms with Gasteiger partial charge in [0.2, 0.25) is 0 Å². The molecule has 0 aromatic heterocycles. The van der Waals surface area contributed by atoms with Gasteiger partial charge in [0.25, 0.3) is 5.91 Å². The fourth-order valence-electron chi connectivity index (χ4n) is 2.01. The van der Waals surface area contributed by atoms with Crippen molar-refractivity contribution < 1.29 is 19.0 Å². The zero-order valence-corrected chi connectivity index (χ0v) is 13.0.